The quantitative estimate of drug-likeness (QED) is 0.259. The molecule has 0 rings (SSSR count). The highest BCUT2D eigenvalue weighted by molar-refractivity contribution is 5.70. The molecule has 0 radical (unpaired) electrons. The number of nitrogens with one attached hydrogen (secondary N) is 1. The highest BCUT2D eigenvalue weighted by Gasteiger charge is 2.26. The van der Waals surface area contributed by atoms with Crippen molar-refractivity contribution in [2.45, 2.75) is 12.5 Å². The van der Waals surface area contributed by atoms with Crippen molar-refractivity contribution in [3.8, 4) is 0 Å². The van der Waals surface area contributed by atoms with Crippen LogP contribution in [0.15, 0.2) is 0 Å². The largest absolute Gasteiger partial charge is 0.464 e. The van der Waals surface area contributed by atoms with Gasteiger partial charge in [-0.1, -0.05) is 0 Å². The normalized spacial score (nSPS) is 11.5. The summed E-state index contributed by atoms with van der Waals surface area (Å²) in [7, 11) is 0. The number of carbonyl (C=O) groups excluding carboxylic acids is 1. The SMILES string of the molecule is CCOC(=O)COCCNC(CO)(CO)CO. The van der Waals surface area contributed by atoms with Gasteiger partial charge < -0.3 is 30.1 Å². The Morgan fingerprint density at radius 2 is 1.82 bits per heavy atom. The molecule has 0 bridgehead atoms. The van der Waals surface area contributed by atoms with Gasteiger partial charge in [-0.2, -0.15) is 0 Å². The van der Waals surface area contributed by atoms with Crippen molar-refractivity contribution in [2.24, 2.45) is 0 Å². The summed E-state index contributed by atoms with van der Waals surface area (Å²) in [5.41, 5.74) is -1.12. The number of hydrogen-bond acceptors (Lipinski definition) is 7. The summed E-state index contributed by atoms with van der Waals surface area (Å²) in [6.45, 7) is 1.20. The monoisotopic (exact) mass is 251 g/mol. The van der Waals surface area contributed by atoms with Crippen LogP contribution in [0, 0.1) is 0 Å². The van der Waals surface area contributed by atoms with Crippen LogP contribution in [-0.4, -0.2) is 73.0 Å². The van der Waals surface area contributed by atoms with E-state index in [2.05, 4.69) is 10.1 Å². The molecule has 102 valence electrons. The Hall–Kier alpha value is -0.730. The maximum Gasteiger partial charge on any atom is 0.332 e. The van der Waals surface area contributed by atoms with Crippen molar-refractivity contribution < 1.29 is 29.6 Å². The predicted octanol–water partition coefficient (Wildman–Crippen LogP) is -2.13. The Morgan fingerprint density at radius 3 is 2.29 bits per heavy atom. The summed E-state index contributed by atoms with van der Waals surface area (Å²) in [5, 5.41) is 29.7. The second-order valence-corrected chi connectivity index (χ2v) is 3.54. The fourth-order valence-electron chi connectivity index (χ4n) is 1.06. The molecule has 7 nitrogen and oxygen atoms in total. The van der Waals surface area contributed by atoms with Gasteiger partial charge in [0.05, 0.1) is 38.6 Å². The second kappa shape index (κ2) is 9.32. The van der Waals surface area contributed by atoms with E-state index in [1.165, 1.54) is 0 Å². The number of esters is 1. The van der Waals surface area contributed by atoms with Crippen LogP contribution in [0.4, 0.5) is 0 Å². The molecule has 0 atom stereocenters. The van der Waals surface area contributed by atoms with Gasteiger partial charge in [0, 0.05) is 6.54 Å². The molecule has 0 aromatic carbocycles. The van der Waals surface area contributed by atoms with E-state index < -0.39 is 31.3 Å². The lowest BCUT2D eigenvalue weighted by atomic mass is 10.0. The Morgan fingerprint density at radius 1 is 1.24 bits per heavy atom. The minimum Gasteiger partial charge on any atom is -0.464 e. The first-order valence-corrected chi connectivity index (χ1v) is 5.45. The molecule has 0 heterocycles. The Kier molecular flexibility index (Phi) is 8.92. The molecule has 4 N–H and O–H groups in total. The molecule has 17 heavy (non-hydrogen) atoms. The van der Waals surface area contributed by atoms with Crippen molar-refractivity contribution in [3.63, 3.8) is 0 Å². The molecule has 0 aromatic heterocycles. The molecule has 0 aliphatic heterocycles. The molecule has 0 saturated heterocycles. The highest BCUT2D eigenvalue weighted by atomic mass is 16.6. The van der Waals surface area contributed by atoms with Gasteiger partial charge in [-0.25, -0.2) is 4.79 Å². The van der Waals surface area contributed by atoms with Crippen molar-refractivity contribution in [1.29, 1.82) is 0 Å². The first kappa shape index (κ1) is 16.3. The van der Waals surface area contributed by atoms with E-state index in [9.17, 15) is 4.79 Å². The maximum atomic E-state index is 10.9. The average molecular weight is 251 g/mol. The summed E-state index contributed by atoms with van der Waals surface area (Å²) in [5.74, 6) is -0.440. The van der Waals surface area contributed by atoms with E-state index in [-0.39, 0.29) is 13.2 Å². The van der Waals surface area contributed by atoms with Crippen molar-refractivity contribution in [1.82, 2.24) is 5.32 Å². The zero-order valence-corrected chi connectivity index (χ0v) is 10.0. The second-order valence-electron chi connectivity index (χ2n) is 3.54. The lowest BCUT2D eigenvalue weighted by Gasteiger charge is -2.28. The van der Waals surface area contributed by atoms with Gasteiger partial charge in [0.2, 0.25) is 0 Å². The minimum atomic E-state index is -1.12. The molecule has 0 unspecified atom stereocenters. The third-order valence-electron chi connectivity index (χ3n) is 2.18. The highest BCUT2D eigenvalue weighted by Crippen LogP contribution is 2.00. The third kappa shape index (κ3) is 6.54. The van der Waals surface area contributed by atoms with Crippen molar-refractivity contribution in [2.75, 3.05) is 46.2 Å². The number of carbonyl (C=O) groups is 1. The fourth-order valence-corrected chi connectivity index (χ4v) is 1.06. The molecule has 0 aliphatic carbocycles. The minimum absolute atomic E-state index is 0.139. The zero-order valence-electron chi connectivity index (χ0n) is 10.0. The molecular formula is C10H21NO6. The third-order valence-corrected chi connectivity index (χ3v) is 2.18. The van der Waals surface area contributed by atoms with E-state index in [0.29, 0.717) is 13.2 Å². The van der Waals surface area contributed by atoms with Gasteiger partial charge in [0.1, 0.15) is 6.61 Å². The van der Waals surface area contributed by atoms with Gasteiger partial charge in [0.15, 0.2) is 0 Å². The van der Waals surface area contributed by atoms with E-state index in [1.807, 2.05) is 0 Å². The molecule has 0 spiro atoms. The fraction of sp³-hybridized carbons (Fsp3) is 0.900. The lowest BCUT2D eigenvalue weighted by molar-refractivity contribution is -0.148. The Labute approximate surface area is 100 Å². The first-order valence-electron chi connectivity index (χ1n) is 5.45. The van der Waals surface area contributed by atoms with E-state index in [4.69, 9.17) is 20.1 Å². The van der Waals surface area contributed by atoms with Crippen LogP contribution in [0.3, 0.4) is 0 Å². The summed E-state index contributed by atoms with van der Waals surface area (Å²) in [6, 6.07) is 0. The predicted molar refractivity (Wildman–Crippen MR) is 59.4 cm³/mol. The van der Waals surface area contributed by atoms with E-state index >= 15 is 0 Å². The molecule has 0 fully saturated rings. The van der Waals surface area contributed by atoms with Crippen LogP contribution in [-0.2, 0) is 14.3 Å². The zero-order chi connectivity index (χ0) is 13.1. The topological polar surface area (TPSA) is 108 Å². The molecule has 0 aliphatic rings. The summed E-state index contributed by atoms with van der Waals surface area (Å²) in [4.78, 5) is 10.9. The van der Waals surface area contributed by atoms with Crippen LogP contribution in [0.1, 0.15) is 6.92 Å². The lowest BCUT2D eigenvalue weighted by Crippen LogP contribution is -2.55. The van der Waals surface area contributed by atoms with Crippen LogP contribution in [0.5, 0.6) is 0 Å². The van der Waals surface area contributed by atoms with Crippen LogP contribution >= 0.6 is 0 Å². The Balaban J connectivity index is 3.65. The molecule has 0 saturated carbocycles. The summed E-state index contributed by atoms with van der Waals surface area (Å²) < 4.78 is 9.64. The number of aliphatic hydroxyl groups is 3. The smallest absolute Gasteiger partial charge is 0.332 e. The molecule has 0 aromatic rings. The Bertz CT molecular complexity index is 199. The number of rotatable bonds is 10. The van der Waals surface area contributed by atoms with Crippen LogP contribution in [0.2, 0.25) is 0 Å². The van der Waals surface area contributed by atoms with Crippen LogP contribution in [0.25, 0.3) is 0 Å². The van der Waals surface area contributed by atoms with Crippen molar-refractivity contribution in [3.05, 3.63) is 0 Å². The molecular weight excluding hydrogens is 230 g/mol. The number of hydrogen-bond donors (Lipinski definition) is 4. The van der Waals surface area contributed by atoms with Crippen LogP contribution < -0.4 is 5.32 Å². The van der Waals surface area contributed by atoms with Gasteiger partial charge in [-0.05, 0) is 6.92 Å². The van der Waals surface area contributed by atoms with Gasteiger partial charge >= 0.3 is 5.97 Å². The average Bonchev–Trinajstić information content (AvgIpc) is 2.35. The van der Waals surface area contributed by atoms with Gasteiger partial charge in [-0.3, -0.25) is 0 Å². The van der Waals surface area contributed by atoms with Gasteiger partial charge in [0.25, 0.3) is 0 Å². The maximum absolute atomic E-state index is 10.9. The number of ether oxygens (including phenoxy) is 2. The van der Waals surface area contributed by atoms with Crippen molar-refractivity contribution >= 4 is 5.97 Å². The summed E-state index contributed by atoms with van der Waals surface area (Å²) in [6.07, 6.45) is 0. The first-order chi connectivity index (χ1) is 8.14. The standard InChI is InChI=1S/C10H21NO6/c1-2-17-9(15)5-16-4-3-11-10(6-12,7-13)8-14/h11-14H,2-8H2,1H3. The summed E-state index contributed by atoms with van der Waals surface area (Å²) >= 11 is 0. The molecule has 7 heteroatoms. The van der Waals surface area contributed by atoms with Gasteiger partial charge in [-0.15, -0.1) is 0 Å². The van der Waals surface area contributed by atoms with E-state index in [0.717, 1.165) is 0 Å². The van der Waals surface area contributed by atoms with E-state index in [1.54, 1.807) is 6.92 Å². The molecule has 0 amide bonds. The number of aliphatic hydroxyl groups excluding tert-OH is 3.